The van der Waals surface area contributed by atoms with Gasteiger partial charge in [0.05, 0.1) is 19.2 Å². The van der Waals surface area contributed by atoms with Gasteiger partial charge in [0.1, 0.15) is 11.6 Å². The molecule has 0 radical (unpaired) electrons. The SMILES string of the molecule is COCCN(C(=O)OC(C)(C)C)N1CCCCC1C#N. The zero-order valence-corrected chi connectivity index (χ0v) is 12.9. The summed E-state index contributed by atoms with van der Waals surface area (Å²) in [6.07, 6.45) is 2.35. The van der Waals surface area contributed by atoms with Crippen molar-refractivity contribution < 1.29 is 14.3 Å². The number of nitriles is 1. The van der Waals surface area contributed by atoms with E-state index in [-0.39, 0.29) is 6.04 Å². The summed E-state index contributed by atoms with van der Waals surface area (Å²) < 4.78 is 10.5. The van der Waals surface area contributed by atoms with Gasteiger partial charge in [-0.15, -0.1) is 0 Å². The minimum Gasteiger partial charge on any atom is -0.443 e. The van der Waals surface area contributed by atoms with Crippen molar-refractivity contribution in [1.29, 1.82) is 5.26 Å². The largest absolute Gasteiger partial charge is 0.443 e. The summed E-state index contributed by atoms with van der Waals surface area (Å²) in [4.78, 5) is 12.3. The number of methoxy groups -OCH3 is 1. The van der Waals surface area contributed by atoms with Crippen LogP contribution >= 0.6 is 0 Å². The topological polar surface area (TPSA) is 65.8 Å². The van der Waals surface area contributed by atoms with E-state index in [1.165, 1.54) is 5.01 Å². The number of piperidine rings is 1. The van der Waals surface area contributed by atoms with Crippen molar-refractivity contribution in [1.82, 2.24) is 10.0 Å². The molecule has 1 aliphatic heterocycles. The van der Waals surface area contributed by atoms with Crippen molar-refractivity contribution >= 4 is 6.09 Å². The molecule has 1 amide bonds. The summed E-state index contributed by atoms with van der Waals surface area (Å²) in [5.41, 5.74) is -0.555. The highest BCUT2D eigenvalue weighted by molar-refractivity contribution is 5.67. The van der Waals surface area contributed by atoms with Gasteiger partial charge in [-0.05, 0) is 40.0 Å². The van der Waals surface area contributed by atoms with E-state index in [1.54, 1.807) is 7.11 Å². The molecule has 6 heteroatoms. The Kier molecular flexibility index (Phi) is 6.24. The van der Waals surface area contributed by atoms with Crippen molar-refractivity contribution in [3.63, 3.8) is 0 Å². The fourth-order valence-electron chi connectivity index (χ4n) is 2.15. The summed E-state index contributed by atoms with van der Waals surface area (Å²) in [6, 6.07) is 1.99. The molecular weight excluding hydrogens is 258 g/mol. The number of rotatable bonds is 4. The number of carbonyl (C=O) groups is 1. The third kappa shape index (κ3) is 4.99. The Hall–Kier alpha value is -1.32. The molecule has 6 nitrogen and oxygen atoms in total. The molecule has 0 aliphatic carbocycles. The Balaban J connectivity index is 2.81. The first-order chi connectivity index (χ1) is 9.39. The minimum atomic E-state index is -0.555. The van der Waals surface area contributed by atoms with Gasteiger partial charge in [-0.3, -0.25) is 0 Å². The Labute approximate surface area is 121 Å². The van der Waals surface area contributed by atoms with E-state index in [4.69, 9.17) is 9.47 Å². The summed E-state index contributed by atoms with van der Waals surface area (Å²) in [6.45, 7) is 6.99. The number of amides is 1. The van der Waals surface area contributed by atoms with Gasteiger partial charge >= 0.3 is 6.09 Å². The summed E-state index contributed by atoms with van der Waals surface area (Å²) in [7, 11) is 1.59. The molecule has 1 saturated heterocycles. The lowest BCUT2D eigenvalue weighted by Crippen LogP contribution is -2.55. The van der Waals surface area contributed by atoms with Gasteiger partial charge in [0.25, 0.3) is 0 Å². The van der Waals surface area contributed by atoms with Crippen LogP contribution in [-0.4, -0.2) is 54.6 Å². The van der Waals surface area contributed by atoms with Crippen LogP contribution in [0.15, 0.2) is 0 Å². The van der Waals surface area contributed by atoms with Gasteiger partial charge < -0.3 is 9.47 Å². The molecule has 0 aromatic carbocycles. The molecule has 0 bridgehead atoms. The molecule has 0 saturated carbocycles. The maximum Gasteiger partial charge on any atom is 0.425 e. The molecule has 0 aromatic rings. The molecule has 0 aromatic heterocycles. The average Bonchev–Trinajstić information content (AvgIpc) is 2.37. The molecule has 1 atom stereocenters. The zero-order chi connectivity index (χ0) is 15.2. The Morgan fingerprint density at radius 2 is 2.15 bits per heavy atom. The highest BCUT2D eigenvalue weighted by Crippen LogP contribution is 2.20. The fraction of sp³-hybridized carbons (Fsp3) is 0.857. The first-order valence-corrected chi connectivity index (χ1v) is 7.04. The molecule has 1 unspecified atom stereocenters. The maximum absolute atomic E-state index is 12.3. The first kappa shape index (κ1) is 16.7. The van der Waals surface area contributed by atoms with Crippen LogP contribution in [0.5, 0.6) is 0 Å². The third-order valence-electron chi connectivity index (χ3n) is 3.05. The Bertz CT molecular complexity index is 360. The second-order valence-corrected chi connectivity index (χ2v) is 5.90. The predicted molar refractivity (Wildman–Crippen MR) is 74.8 cm³/mol. The van der Waals surface area contributed by atoms with E-state index in [0.717, 1.165) is 19.3 Å². The molecule has 114 valence electrons. The second-order valence-electron chi connectivity index (χ2n) is 5.90. The van der Waals surface area contributed by atoms with Crippen molar-refractivity contribution in [2.75, 3.05) is 26.8 Å². The van der Waals surface area contributed by atoms with Crippen LogP contribution < -0.4 is 0 Å². The summed E-state index contributed by atoms with van der Waals surface area (Å²) in [5.74, 6) is 0. The highest BCUT2D eigenvalue weighted by Gasteiger charge is 2.32. The van der Waals surface area contributed by atoms with Crippen molar-refractivity contribution in [2.45, 2.75) is 51.7 Å². The quantitative estimate of drug-likeness (QED) is 0.791. The van der Waals surface area contributed by atoms with Gasteiger partial charge in [-0.2, -0.15) is 10.3 Å². The monoisotopic (exact) mass is 283 g/mol. The zero-order valence-electron chi connectivity index (χ0n) is 12.9. The van der Waals surface area contributed by atoms with Crippen molar-refractivity contribution in [3.05, 3.63) is 0 Å². The van der Waals surface area contributed by atoms with Crippen molar-refractivity contribution in [3.8, 4) is 6.07 Å². The molecule has 1 fully saturated rings. The smallest absolute Gasteiger partial charge is 0.425 e. The lowest BCUT2D eigenvalue weighted by Gasteiger charge is -2.40. The van der Waals surface area contributed by atoms with Gasteiger partial charge in [-0.1, -0.05) is 0 Å². The van der Waals surface area contributed by atoms with Crippen LogP contribution in [0.25, 0.3) is 0 Å². The van der Waals surface area contributed by atoms with Gasteiger partial charge in [0.2, 0.25) is 0 Å². The molecule has 20 heavy (non-hydrogen) atoms. The third-order valence-corrected chi connectivity index (χ3v) is 3.05. The van der Waals surface area contributed by atoms with E-state index < -0.39 is 11.7 Å². The number of hydrogen-bond donors (Lipinski definition) is 0. The normalized spacial score (nSPS) is 20.2. The second kappa shape index (κ2) is 7.46. The van der Waals surface area contributed by atoms with E-state index in [0.29, 0.717) is 19.7 Å². The van der Waals surface area contributed by atoms with Crippen LogP contribution in [0.1, 0.15) is 40.0 Å². The standard InChI is InChI=1S/C14H25N3O3/c1-14(2,3)20-13(18)17(9-10-19-4)16-8-6-5-7-12(16)11-15/h12H,5-10H2,1-4H3. The van der Waals surface area contributed by atoms with Crippen LogP contribution in [0.2, 0.25) is 0 Å². The van der Waals surface area contributed by atoms with Gasteiger partial charge in [0.15, 0.2) is 0 Å². The number of ether oxygens (including phenoxy) is 2. The molecule has 0 N–H and O–H groups in total. The van der Waals surface area contributed by atoms with Crippen LogP contribution in [0.3, 0.4) is 0 Å². The number of carbonyl (C=O) groups excluding carboxylic acids is 1. The molecule has 1 rings (SSSR count). The Morgan fingerprint density at radius 1 is 1.45 bits per heavy atom. The van der Waals surface area contributed by atoms with E-state index in [1.807, 2.05) is 25.8 Å². The summed E-state index contributed by atoms with van der Waals surface area (Å²) >= 11 is 0. The van der Waals surface area contributed by atoms with Crippen LogP contribution in [0.4, 0.5) is 4.79 Å². The molecular formula is C14H25N3O3. The molecule has 1 aliphatic rings. The summed E-state index contributed by atoms with van der Waals surface area (Å²) in [5, 5.41) is 12.6. The highest BCUT2D eigenvalue weighted by atomic mass is 16.6. The fourth-order valence-corrected chi connectivity index (χ4v) is 2.15. The lowest BCUT2D eigenvalue weighted by atomic mass is 10.1. The van der Waals surface area contributed by atoms with Crippen molar-refractivity contribution in [2.24, 2.45) is 0 Å². The Morgan fingerprint density at radius 3 is 2.70 bits per heavy atom. The van der Waals surface area contributed by atoms with E-state index in [2.05, 4.69) is 6.07 Å². The van der Waals surface area contributed by atoms with Crippen LogP contribution in [-0.2, 0) is 9.47 Å². The minimum absolute atomic E-state index is 0.270. The first-order valence-electron chi connectivity index (χ1n) is 7.04. The number of nitrogens with zero attached hydrogens (tertiary/aromatic N) is 3. The lowest BCUT2D eigenvalue weighted by molar-refractivity contribution is -0.0793. The molecule has 0 spiro atoms. The number of hydrazine groups is 1. The molecule has 1 heterocycles. The van der Waals surface area contributed by atoms with E-state index >= 15 is 0 Å². The average molecular weight is 283 g/mol. The number of hydrogen-bond acceptors (Lipinski definition) is 5. The predicted octanol–water partition coefficient (Wildman–Crippen LogP) is 2.16. The van der Waals surface area contributed by atoms with Crippen LogP contribution in [0, 0.1) is 11.3 Å². The maximum atomic E-state index is 12.3. The van der Waals surface area contributed by atoms with Gasteiger partial charge in [0, 0.05) is 13.7 Å². The van der Waals surface area contributed by atoms with Gasteiger partial charge in [-0.25, -0.2) is 9.80 Å². The van der Waals surface area contributed by atoms with E-state index in [9.17, 15) is 10.1 Å².